The average molecular weight is 474 g/mol. The molecule has 180 valence electrons. The van der Waals surface area contributed by atoms with E-state index < -0.39 is 5.69 Å². The molecule has 2 aliphatic rings. The molecule has 1 N–H and O–H groups in total. The van der Waals surface area contributed by atoms with E-state index in [2.05, 4.69) is 20.1 Å². The summed E-state index contributed by atoms with van der Waals surface area (Å²) in [6, 6.07) is 9.50. The molecule has 0 unspecified atom stereocenters. The zero-order chi connectivity index (χ0) is 23.9. The number of nitrogens with zero attached hydrogens (tertiary/aromatic N) is 4. The molecule has 2 aromatic heterocycles. The molecule has 9 heteroatoms. The van der Waals surface area contributed by atoms with Crippen molar-refractivity contribution in [1.29, 1.82) is 0 Å². The van der Waals surface area contributed by atoms with Crippen LogP contribution in [0.15, 0.2) is 52.3 Å². The van der Waals surface area contributed by atoms with Gasteiger partial charge in [-0.15, -0.1) is 0 Å². The lowest BCUT2D eigenvalue weighted by molar-refractivity contribution is 0.209. The Hall–Kier alpha value is -3.72. The number of H-pyrrole nitrogens is 1. The Bertz CT molecular complexity index is 1510. The number of rotatable bonds is 6. The molecule has 2 aromatic carbocycles. The molecule has 0 aliphatic carbocycles. The fourth-order valence-corrected chi connectivity index (χ4v) is 5.56. The fourth-order valence-electron chi connectivity index (χ4n) is 5.56. The number of fused-ring (bicyclic) bond motifs is 5. The highest BCUT2D eigenvalue weighted by Crippen LogP contribution is 2.46. The van der Waals surface area contributed by atoms with Crippen LogP contribution < -0.4 is 20.7 Å². The molecule has 6 rings (SSSR count). The molecule has 35 heavy (non-hydrogen) atoms. The molecule has 1 fully saturated rings. The van der Waals surface area contributed by atoms with E-state index in [1.807, 2.05) is 18.2 Å². The first-order chi connectivity index (χ1) is 17.1. The molecule has 2 atom stereocenters. The maximum atomic E-state index is 13.1. The second kappa shape index (κ2) is 8.81. The third-order valence-electron chi connectivity index (χ3n) is 7.31. The standard InChI is InChI=1S/C26H27N5O4/c1-34-22-5-4-6-23-24(22)20-14-30(13-18(20)15-35-23)7-2-3-8-31-25(32)19-9-16-11-27-28-12-17(16)10-21(19)29-26(31)33/h4-6,9-12,18,20,27H,2-3,7-8,13-15H2,1H3/t18-,20+/m0/s1. The Morgan fingerprint density at radius 3 is 2.91 bits per heavy atom. The van der Waals surface area contributed by atoms with Gasteiger partial charge >= 0.3 is 5.69 Å². The van der Waals surface area contributed by atoms with E-state index in [4.69, 9.17) is 9.47 Å². The molecule has 0 radical (unpaired) electrons. The number of unbranched alkanes of at least 4 members (excludes halogenated alkanes) is 1. The summed E-state index contributed by atoms with van der Waals surface area (Å²) in [5.74, 6) is 2.67. The summed E-state index contributed by atoms with van der Waals surface area (Å²) in [5, 5.41) is 8.90. The highest BCUT2D eigenvalue weighted by molar-refractivity contribution is 5.95. The van der Waals surface area contributed by atoms with Gasteiger partial charge in [0.05, 0.1) is 30.8 Å². The van der Waals surface area contributed by atoms with Crippen LogP contribution in [0.4, 0.5) is 0 Å². The zero-order valence-electron chi connectivity index (χ0n) is 19.6. The van der Waals surface area contributed by atoms with Crippen LogP contribution in [0.3, 0.4) is 0 Å². The van der Waals surface area contributed by atoms with E-state index in [1.54, 1.807) is 31.6 Å². The lowest BCUT2D eigenvalue weighted by Gasteiger charge is -2.29. The Kier molecular flexibility index (Phi) is 5.49. The van der Waals surface area contributed by atoms with Crippen molar-refractivity contribution in [3.05, 3.63) is 69.1 Å². The normalized spacial score (nSPS) is 19.5. The van der Waals surface area contributed by atoms with Crippen LogP contribution in [0.5, 0.6) is 11.5 Å². The zero-order valence-corrected chi connectivity index (χ0v) is 19.6. The predicted molar refractivity (Wildman–Crippen MR) is 132 cm³/mol. The number of nitrogens with one attached hydrogen (secondary N) is 1. The molecule has 0 bridgehead atoms. The summed E-state index contributed by atoms with van der Waals surface area (Å²) in [6.45, 7) is 3.94. The molecular weight excluding hydrogens is 446 g/mol. The van der Waals surface area contributed by atoms with Gasteiger partial charge in [-0.25, -0.2) is 4.79 Å². The van der Waals surface area contributed by atoms with Gasteiger partial charge in [0.25, 0.3) is 5.56 Å². The monoisotopic (exact) mass is 473 g/mol. The van der Waals surface area contributed by atoms with Crippen LogP contribution >= 0.6 is 0 Å². The van der Waals surface area contributed by atoms with Crippen molar-refractivity contribution in [2.75, 3.05) is 33.4 Å². The second-order valence-corrected chi connectivity index (χ2v) is 9.40. The third-order valence-corrected chi connectivity index (χ3v) is 7.31. The molecule has 1 saturated heterocycles. The molecule has 0 amide bonds. The lowest BCUT2D eigenvalue weighted by Crippen LogP contribution is -2.35. The molecule has 4 heterocycles. The van der Waals surface area contributed by atoms with E-state index in [9.17, 15) is 9.59 Å². The van der Waals surface area contributed by atoms with Gasteiger partial charge in [0.2, 0.25) is 0 Å². The largest absolute Gasteiger partial charge is 0.496 e. The van der Waals surface area contributed by atoms with Gasteiger partial charge in [0.1, 0.15) is 11.5 Å². The van der Waals surface area contributed by atoms with Gasteiger partial charge in [0.15, 0.2) is 0 Å². The smallest absolute Gasteiger partial charge is 0.351 e. The molecule has 9 nitrogen and oxygen atoms in total. The quantitative estimate of drug-likeness (QED) is 0.339. The van der Waals surface area contributed by atoms with Crippen molar-refractivity contribution in [2.45, 2.75) is 25.3 Å². The van der Waals surface area contributed by atoms with Gasteiger partial charge in [-0.2, -0.15) is 10.1 Å². The van der Waals surface area contributed by atoms with Gasteiger partial charge in [-0.3, -0.25) is 14.5 Å². The van der Waals surface area contributed by atoms with E-state index in [1.165, 1.54) is 10.1 Å². The van der Waals surface area contributed by atoms with E-state index in [0.29, 0.717) is 29.3 Å². The summed E-state index contributed by atoms with van der Waals surface area (Å²) in [5.41, 5.74) is 0.811. The first-order valence-corrected chi connectivity index (χ1v) is 12.0. The molecule has 0 saturated carbocycles. The van der Waals surface area contributed by atoms with Crippen molar-refractivity contribution in [2.24, 2.45) is 5.92 Å². The fraction of sp³-hybridized carbons (Fsp3) is 0.385. The number of ether oxygens (including phenoxy) is 2. The number of hydrogen-bond donors (Lipinski definition) is 1. The highest BCUT2D eigenvalue weighted by Gasteiger charge is 2.40. The van der Waals surface area contributed by atoms with Crippen LogP contribution in [0, 0.1) is 5.92 Å². The van der Waals surface area contributed by atoms with Crippen molar-refractivity contribution < 1.29 is 9.47 Å². The summed E-state index contributed by atoms with van der Waals surface area (Å²) in [6.07, 6.45) is 5.01. The number of methoxy groups -OCH3 is 1. The molecular formula is C26H27N5O4. The molecule has 4 aromatic rings. The van der Waals surface area contributed by atoms with Gasteiger partial charge in [0, 0.05) is 54.0 Å². The maximum Gasteiger partial charge on any atom is 0.351 e. The number of likely N-dealkylation sites (tertiary alicyclic amines) is 1. The van der Waals surface area contributed by atoms with Crippen LogP contribution in [-0.2, 0) is 6.54 Å². The summed E-state index contributed by atoms with van der Waals surface area (Å²) in [4.78, 5) is 32.3. The second-order valence-electron chi connectivity index (χ2n) is 9.40. The van der Waals surface area contributed by atoms with Crippen molar-refractivity contribution >= 4 is 21.7 Å². The summed E-state index contributed by atoms with van der Waals surface area (Å²) in [7, 11) is 1.71. The van der Waals surface area contributed by atoms with Crippen molar-refractivity contribution in [3.63, 3.8) is 0 Å². The number of benzene rings is 2. The van der Waals surface area contributed by atoms with Gasteiger partial charge in [-0.1, -0.05) is 6.07 Å². The number of aromatic amines is 1. The first-order valence-electron chi connectivity index (χ1n) is 12.0. The van der Waals surface area contributed by atoms with Crippen LogP contribution in [0.2, 0.25) is 0 Å². The Labute approximate surface area is 201 Å². The van der Waals surface area contributed by atoms with Crippen LogP contribution in [0.25, 0.3) is 21.7 Å². The van der Waals surface area contributed by atoms with Crippen LogP contribution in [0.1, 0.15) is 24.3 Å². The van der Waals surface area contributed by atoms with Crippen molar-refractivity contribution in [1.82, 2.24) is 24.6 Å². The van der Waals surface area contributed by atoms with Crippen molar-refractivity contribution in [3.8, 4) is 11.5 Å². The topological polar surface area (TPSA) is 102 Å². The lowest BCUT2D eigenvalue weighted by atomic mass is 9.86. The molecule has 0 spiro atoms. The predicted octanol–water partition coefficient (Wildman–Crippen LogP) is 2.53. The van der Waals surface area contributed by atoms with Gasteiger partial charge < -0.3 is 14.4 Å². The highest BCUT2D eigenvalue weighted by atomic mass is 16.5. The maximum absolute atomic E-state index is 13.1. The van der Waals surface area contributed by atoms with E-state index in [0.717, 1.165) is 61.4 Å². The SMILES string of the molecule is COc1cccc2c1[C@@H]1CN(CCCCn3c(=O)nc4cc5cn[nH]cc5cc4c3=O)C[C@H]1CO2. The van der Waals surface area contributed by atoms with E-state index >= 15 is 0 Å². The minimum atomic E-state index is -0.495. The Balaban J connectivity index is 1.13. The third kappa shape index (κ3) is 3.85. The Morgan fingerprint density at radius 1 is 1.14 bits per heavy atom. The molecule has 2 aliphatic heterocycles. The minimum absolute atomic E-state index is 0.285. The van der Waals surface area contributed by atoms with E-state index in [-0.39, 0.29) is 5.56 Å². The number of hydrogen-bond acceptors (Lipinski definition) is 7. The Morgan fingerprint density at radius 2 is 2.03 bits per heavy atom. The average Bonchev–Trinajstić information content (AvgIpc) is 3.30. The summed E-state index contributed by atoms with van der Waals surface area (Å²) < 4.78 is 12.9. The van der Waals surface area contributed by atoms with Crippen LogP contribution in [-0.4, -0.2) is 58.0 Å². The van der Waals surface area contributed by atoms with Gasteiger partial charge in [-0.05, 0) is 43.7 Å². The number of aromatic nitrogens is 4. The minimum Gasteiger partial charge on any atom is -0.496 e. The summed E-state index contributed by atoms with van der Waals surface area (Å²) >= 11 is 0. The first kappa shape index (κ1) is 21.8.